The van der Waals surface area contributed by atoms with Crippen molar-refractivity contribution in [3.8, 4) is 0 Å². The van der Waals surface area contributed by atoms with Gasteiger partial charge in [0.05, 0.1) is 24.4 Å². The van der Waals surface area contributed by atoms with Gasteiger partial charge in [-0.15, -0.1) is 0 Å². The summed E-state index contributed by atoms with van der Waals surface area (Å²) in [5, 5.41) is 27.4. The average molecular weight is 678 g/mol. The minimum atomic E-state index is -0.881. The molecule has 2 saturated heterocycles. The molecule has 3 aromatic rings. The zero-order valence-corrected chi connectivity index (χ0v) is 28.6. The number of aliphatic hydroxyl groups is 2. The molecule has 0 saturated carbocycles. The molecule has 258 valence electrons. The van der Waals surface area contributed by atoms with Gasteiger partial charge in [0.15, 0.2) is 6.29 Å². The summed E-state index contributed by atoms with van der Waals surface area (Å²) in [6.45, 7) is 6.42. The maximum Gasteiger partial charge on any atom is 0.224 e. The first-order valence-corrected chi connectivity index (χ1v) is 17.4. The highest BCUT2D eigenvalue weighted by Gasteiger charge is 2.41. The number of benzene rings is 3. The van der Waals surface area contributed by atoms with E-state index in [1.165, 1.54) is 6.92 Å². The first-order chi connectivity index (χ1) is 23.1. The van der Waals surface area contributed by atoms with Crippen LogP contribution in [-0.4, -0.2) is 59.2 Å². The van der Waals surface area contributed by atoms with Crippen LogP contribution in [0.5, 0.6) is 0 Å². The lowest BCUT2D eigenvalue weighted by atomic mass is 9.84. The Labute approximate surface area is 288 Å². The van der Waals surface area contributed by atoms with Gasteiger partial charge >= 0.3 is 0 Å². The number of nitrogens with zero attached hydrogens (tertiary/aromatic N) is 1. The van der Waals surface area contributed by atoms with Gasteiger partial charge in [-0.05, 0) is 66.6 Å². The molecule has 0 unspecified atom stereocenters. The van der Waals surface area contributed by atoms with E-state index in [2.05, 4.69) is 22.5 Å². The quantitative estimate of drug-likeness (QED) is 0.158. The molecule has 2 heterocycles. The number of amides is 2. The van der Waals surface area contributed by atoms with Crippen LogP contribution in [0.3, 0.4) is 0 Å². The summed E-state index contributed by atoms with van der Waals surface area (Å²) in [5.74, 6) is -0.0452. The second kappa shape index (κ2) is 16.9. The monoisotopic (exact) mass is 677 g/mol. The molecule has 4 atom stereocenters. The van der Waals surface area contributed by atoms with Gasteiger partial charge in [-0.25, -0.2) is 0 Å². The molecule has 48 heavy (non-hydrogen) atoms. The van der Waals surface area contributed by atoms with Gasteiger partial charge in [-0.2, -0.15) is 0 Å². The fraction of sp³-hybridized carbons (Fsp3) is 0.474. The van der Waals surface area contributed by atoms with Crippen LogP contribution in [0, 0.1) is 5.92 Å². The number of unbranched alkanes of at least 4 members (excludes halogenated alkanes) is 2. The van der Waals surface area contributed by atoms with E-state index >= 15 is 0 Å². The Morgan fingerprint density at radius 2 is 1.58 bits per heavy atom. The molecule has 2 amide bonds. The molecule has 4 N–H and O–H groups in total. The highest BCUT2D eigenvalue weighted by molar-refractivity contribution is 6.30. The lowest BCUT2D eigenvalue weighted by molar-refractivity contribution is -0.277. The SMILES string of the molecule is CC(=O)NCCCCCC(=O)Nc1ccc([C@@H]2O[C@H](CN3CCC(O)(c4ccc(Cl)cc4)CC3)[C@H](C)[C@H](c3ccc(CO)cc3)O2)cc1. The van der Waals surface area contributed by atoms with Crippen molar-refractivity contribution >= 4 is 29.1 Å². The second-order valence-electron chi connectivity index (χ2n) is 13.1. The van der Waals surface area contributed by atoms with Gasteiger partial charge in [0.1, 0.15) is 0 Å². The molecule has 5 rings (SSSR count). The number of nitrogens with one attached hydrogen (secondary N) is 2. The number of hydrogen-bond acceptors (Lipinski definition) is 7. The summed E-state index contributed by atoms with van der Waals surface area (Å²) < 4.78 is 13.3. The molecule has 0 bridgehead atoms. The molecule has 0 spiro atoms. The van der Waals surface area contributed by atoms with Gasteiger partial charge in [-0.3, -0.25) is 9.59 Å². The van der Waals surface area contributed by atoms with Gasteiger partial charge in [0, 0.05) is 61.7 Å². The van der Waals surface area contributed by atoms with Crippen LogP contribution in [0.25, 0.3) is 0 Å². The number of piperidine rings is 1. The molecule has 0 aromatic heterocycles. The molecule has 10 heteroatoms. The van der Waals surface area contributed by atoms with Crippen molar-refractivity contribution in [3.05, 3.63) is 100 Å². The van der Waals surface area contributed by atoms with E-state index in [1.54, 1.807) is 0 Å². The maximum atomic E-state index is 12.5. The Morgan fingerprint density at radius 3 is 2.23 bits per heavy atom. The first kappa shape index (κ1) is 36.0. The summed E-state index contributed by atoms with van der Waals surface area (Å²) in [5.41, 5.74) is 3.45. The Hall–Kier alpha value is -3.31. The number of carbonyl (C=O) groups excluding carboxylic acids is 2. The topological polar surface area (TPSA) is 120 Å². The largest absolute Gasteiger partial charge is 0.392 e. The minimum absolute atomic E-state index is 0.0193. The summed E-state index contributed by atoms with van der Waals surface area (Å²) in [6.07, 6.45) is 3.13. The van der Waals surface area contributed by atoms with Crippen molar-refractivity contribution in [3.63, 3.8) is 0 Å². The molecule has 0 aliphatic carbocycles. The van der Waals surface area contributed by atoms with Crippen molar-refractivity contribution in [1.29, 1.82) is 0 Å². The summed E-state index contributed by atoms with van der Waals surface area (Å²) >= 11 is 6.08. The zero-order chi connectivity index (χ0) is 34.1. The molecule has 2 aliphatic heterocycles. The van der Waals surface area contributed by atoms with E-state index in [9.17, 15) is 19.8 Å². The third-order valence-electron chi connectivity index (χ3n) is 9.55. The Balaban J connectivity index is 1.22. The summed E-state index contributed by atoms with van der Waals surface area (Å²) in [6, 6.07) is 23.0. The van der Waals surface area contributed by atoms with Gasteiger partial charge in [0.25, 0.3) is 0 Å². The van der Waals surface area contributed by atoms with E-state index in [0.717, 1.165) is 54.6 Å². The van der Waals surface area contributed by atoms with E-state index < -0.39 is 11.9 Å². The number of anilines is 1. The highest BCUT2D eigenvalue weighted by Crippen LogP contribution is 2.43. The molecular formula is C38H48ClN3O6. The number of carbonyl (C=O) groups is 2. The van der Waals surface area contributed by atoms with Crippen LogP contribution in [0.4, 0.5) is 5.69 Å². The number of aliphatic hydroxyl groups excluding tert-OH is 1. The molecular weight excluding hydrogens is 630 g/mol. The number of rotatable bonds is 13. The summed E-state index contributed by atoms with van der Waals surface area (Å²) in [7, 11) is 0. The second-order valence-corrected chi connectivity index (χ2v) is 13.6. The number of ether oxygens (including phenoxy) is 2. The van der Waals surface area contributed by atoms with Crippen LogP contribution in [0.15, 0.2) is 72.8 Å². The van der Waals surface area contributed by atoms with Gasteiger partial charge < -0.3 is 35.2 Å². The Morgan fingerprint density at radius 1 is 0.917 bits per heavy atom. The predicted molar refractivity (Wildman–Crippen MR) is 186 cm³/mol. The third kappa shape index (κ3) is 9.65. The van der Waals surface area contributed by atoms with E-state index in [-0.39, 0.29) is 36.5 Å². The minimum Gasteiger partial charge on any atom is -0.392 e. The fourth-order valence-electron chi connectivity index (χ4n) is 6.54. The van der Waals surface area contributed by atoms with Crippen LogP contribution in [-0.2, 0) is 31.3 Å². The van der Waals surface area contributed by atoms with E-state index in [4.69, 9.17) is 21.1 Å². The number of hydrogen-bond donors (Lipinski definition) is 4. The van der Waals surface area contributed by atoms with Crippen LogP contribution >= 0.6 is 11.6 Å². The van der Waals surface area contributed by atoms with E-state index in [0.29, 0.717) is 43.1 Å². The highest BCUT2D eigenvalue weighted by atomic mass is 35.5. The smallest absolute Gasteiger partial charge is 0.224 e. The predicted octanol–water partition coefficient (Wildman–Crippen LogP) is 6.24. The van der Waals surface area contributed by atoms with Crippen LogP contribution in [0.1, 0.15) is 87.0 Å². The lowest BCUT2D eigenvalue weighted by Crippen LogP contribution is -2.49. The van der Waals surface area contributed by atoms with E-state index in [1.807, 2.05) is 72.8 Å². The van der Waals surface area contributed by atoms with Gasteiger partial charge in [0.2, 0.25) is 11.8 Å². The maximum absolute atomic E-state index is 12.5. The van der Waals surface area contributed by atoms with Crippen LogP contribution in [0.2, 0.25) is 5.02 Å². The normalized spacial score (nSPS) is 22.6. The van der Waals surface area contributed by atoms with Crippen molar-refractivity contribution < 1.29 is 29.3 Å². The molecule has 3 aromatic carbocycles. The third-order valence-corrected chi connectivity index (χ3v) is 9.80. The number of halogens is 1. The van der Waals surface area contributed by atoms with Crippen LogP contribution < -0.4 is 10.6 Å². The van der Waals surface area contributed by atoms with Crippen molar-refractivity contribution in [2.45, 2.75) is 83.1 Å². The zero-order valence-electron chi connectivity index (χ0n) is 27.9. The molecule has 0 radical (unpaired) electrons. The molecule has 2 aliphatic rings. The Bertz CT molecular complexity index is 1480. The Kier molecular flexibility index (Phi) is 12.7. The fourth-order valence-corrected chi connectivity index (χ4v) is 6.66. The van der Waals surface area contributed by atoms with Crippen molar-refractivity contribution in [2.24, 2.45) is 5.92 Å². The molecule has 2 fully saturated rings. The van der Waals surface area contributed by atoms with Crippen molar-refractivity contribution in [1.82, 2.24) is 10.2 Å². The standard InChI is InChI=1S/C38H48ClN3O6/c1-26-34(24-42-22-19-38(46,20-23-42)31-13-15-32(39)16-14-31)47-37(48-36(26)29-9-7-28(25-43)8-10-29)30-11-17-33(18-12-30)41-35(45)6-4-3-5-21-40-27(2)44/h7-18,26,34,36-37,43,46H,3-6,19-25H2,1-2H3,(H,40,44)(H,41,45)/t26-,34+,36+,37+/m0/s1. The lowest BCUT2D eigenvalue weighted by Gasteiger charge is -2.45. The average Bonchev–Trinajstić information content (AvgIpc) is 3.09. The van der Waals surface area contributed by atoms with Gasteiger partial charge in [-0.1, -0.05) is 73.5 Å². The number of likely N-dealkylation sites (tertiary alicyclic amines) is 1. The summed E-state index contributed by atoms with van der Waals surface area (Å²) in [4.78, 5) is 25.9. The molecule has 9 nitrogen and oxygen atoms in total. The van der Waals surface area contributed by atoms with Crippen molar-refractivity contribution in [2.75, 3.05) is 31.5 Å². The first-order valence-electron chi connectivity index (χ1n) is 17.0.